The van der Waals surface area contributed by atoms with Crippen molar-refractivity contribution < 1.29 is 22.4 Å². The third kappa shape index (κ3) is 2.59. The molecule has 26 heavy (non-hydrogen) atoms. The molecule has 0 aromatic heterocycles. The van der Waals surface area contributed by atoms with Crippen LogP contribution in [-0.4, -0.2) is 48.6 Å². The number of likely N-dealkylation sites (tertiary alicyclic amines) is 1. The zero-order chi connectivity index (χ0) is 18.6. The Morgan fingerprint density at radius 2 is 1.62 bits per heavy atom. The Balaban J connectivity index is 1.49. The molecule has 6 nitrogen and oxygen atoms in total. The Morgan fingerprint density at radius 3 is 2.15 bits per heavy atom. The number of allylic oxidation sites excluding steroid dienone is 2. The number of fused-ring (bicyclic) bond motifs is 1. The van der Waals surface area contributed by atoms with Crippen LogP contribution in [0.15, 0.2) is 35.2 Å². The minimum atomic E-state index is -3.84. The van der Waals surface area contributed by atoms with Crippen LogP contribution in [0.4, 0.5) is 4.39 Å². The molecule has 2 saturated heterocycles. The summed E-state index contributed by atoms with van der Waals surface area (Å²) in [6.07, 6.45) is 4.92. The van der Waals surface area contributed by atoms with E-state index >= 15 is 0 Å². The summed E-state index contributed by atoms with van der Waals surface area (Å²) in [4.78, 5) is 26.2. The van der Waals surface area contributed by atoms with Gasteiger partial charge >= 0.3 is 0 Å². The highest BCUT2D eigenvalue weighted by Crippen LogP contribution is 2.38. The molecule has 0 spiro atoms. The van der Waals surface area contributed by atoms with Crippen LogP contribution in [0.3, 0.4) is 0 Å². The topological polar surface area (TPSA) is 74.8 Å². The number of hydrogen-bond acceptors (Lipinski definition) is 4. The highest BCUT2D eigenvalue weighted by atomic mass is 35.5. The molecule has 0 saturated carbocycles. The summed E-state index contributed by atoms with van der Waals surface area (Å²) < 4.78 is 39.6. The van der Waals surface area contributed by atoms with Gasteiger partial charge in [0, 0.05) is 13.1 Å². The largest absolute Gasteiger partial charge is 0.276 e. The second kappa shape index (κ2) is 6.14. The molecule has 3 aliphatic rings. The lowest BCUT2D eigenvalue weighted by Crippen LogP contribution is -2.62. The van der Waals surface area contributed by atoms with E-state index in [1.807, 2.05) is 12.2 Å². The number of carbonyl (C=O) groups excluding carboxylic acids is 2. The van der Waals surface area contributed by atoms with E-state index in [0.717, 1.165) is 18.2 Å². The number of imide groups is 1. The average molecular weight is 399 g/mol. The number of sulfonamides is 1. The first kappa shape index (κ1) is 17.6. The normalized spacial score (nSPS) is 26.9. The quantitative estimate of drug-likeness (QED) is 0.575. The van der Waals surface area contributed by atoms with Crippen molar-refractivity contribution in [2.75, 3.05) is 13.1 Å². The van der Waals surface area contributed by atoms with E-state index in [4.69, 9.17) is 11.6 Å². The molecule has 0 bridgehead atoms. The predicted molar refractivity (Wildman–Crippen MR) is 91.2 cm³/mol. The van der Waals surface area contributed by atoms with Gasteiger partial charge in [-0.2, -0.15) is 4.31 Å². The van der Waals surface area contributed by atoms with Gasteiger partial charge in [0.05, 0.1) is 27.8 Å². The van der Waals surface area contributed by atoms with Gasteiger partial charge in [-0.15, -0.1) is 0 Å². The Labute approximate surface area is 155 Å². The van der Waals surface area contributed by atoms with Crippen LogP contribution in [-0.2, 0) is 19.6 Å². The van der Waals surface area contributed by atoms with Gasteiger partial charge in [0.25, 0.3) is 0 Å². The van der Waals surface area contributed by atoms with E-state index < -0.39 is 21.9 Å². The van der Waals surface area contributed by atoms with E-state index in [2.05, 4.69) is 0 Å². The van der Waals surface area contributed by atoms with Gasteiger partial charge in [0.15, 0.2) is 0 Å². The zero-order valence-corrected chi connectivity index (χ0v) is 15.2. The summed E-state index contributed by atoms with van der Waals surface area (Å²) in [6.45, 7) is 0.0867. The van der Waals surface area contributed by atoms with E-state index in [9.17, 15) is 22.4 Å². The van der Waals surface area contributed by atoms with Gasteiger partial charge in [0.2, 0.25) is 21.8 Å². The summed E-state index contributed by atoms with van der Waals surface area (Å²) in [7, 11) is -3.84. The second-order valence-corrected chi connectivity index (χ2v) is 9.10. The number of amides is 2. The molecule has 2 aliphatic heterocycles. The summed E-state index contributed by atoms with van der Waals surface area (Å²) >= 11 is 5.66. The molecular weight excluding hydrogens is 383 g/mol. The maximum Gasteiger partial charge on any atom is 0.243 e. The predicted octanol–water partition coefficient (Wildman–Crippen LogP) is 1.80. The lowest BCUT2D eigenvalue weighted by Gasteiger charge is -2.42. The third-order valence-electron chi connectivity index (χ3n) is 5.26. The molecule has 138 valence electrons. The first-order chi connectivity index (χ1) is 12.3. The van der Waals surface area contributed by atoms with Crippen molar-refractivity contribution in [3.8, 4) is 0 Å². The van der Waals surface area contributed by atoms with Crippen molar-refractivity contribution in [3.63, 3.8) is 0 Å². The summed E-state index contributed by atoms with van der Waals surface area (Å²) in [5.74, 6) is -1.77. The van der Waals surface area contributed by atoms with Crippen molar-refractivity contribution in [2.45, 2.75) is 23.8 Å². The van der Waals surface area contributed by atoms with E-state index in [1.165, 1.54) is 9.21 Å². The molecule has 1 aromatic carbocycles. The van der Waals surface area contributed by atoms with Gasteiger partial charge in [0.1, 0.15) is 5.82 Å². The fraction of sp³-hybridized carbons (Fsp3) is 0.412. The SMILES string of the molecule is O=C1[C@H]2CC=CC[C@H]2C(=O)N1C1CN(S(=O)(=O)c2ccc(F)c(Cl)c2)C1. The van der Waals surface area contributed by atoms with Crippen molar-refractivity contribution in [2.24, 2.45) is 11.8 Å². The van der Waals surface area contributed by atoms with E-state index in [-0.39, 0.29) is 46.7 Å². The van der Waals surface area contributed by atoms with Gasteiger partial charge in [-0.05, 0) is 31.0 Å². The van der Waals surface area contributed by atoms with Gasteiger partial charge in [-0.3, -0.25) is 14.5 Å². The second-order valence-electron chi connectivity index (χ2n) is 6.75. The van der Waals surface area contributed by atoms with Crippen LogP contribution >= 0.6 is 11.6 Å². The Bertz CT molecular complexity index is 901. The van der Waals surface area contributed by atoms with Crippen molar-refractivity contribution in [3.05, 3.63) is 41.2 Å². The maximum atomic E-state index is 13.3. The standard InChI is InChI=1S/C17H16ClFN2O4S/c18-14-7-11(5-6-15(14)19)26(24,25)20-8-10(9-20)21-16(22)12-3-1-2-4-13(12)17(21)23/h1-2,5-7,10,12-13H,3-4,8-9H2/t12-,13+. The molecular formula is C17H16ClFN2O4S. The van der Waals surface area contributed by atoms with Gasteiger partial charge < -0.3 is 0 Å². The molecule has 2 heterocycles. The van der Waals surface area contributed by atoms with Crippen LogP contribution in [0, 0.1) is 17.7 Å². The van der Waals surface area contributed by atoms with Crippen LogP contribution in [0.5, 0.6) is 0 Å². The van der Waals surface area contributed by atoms with Crippen molar-refractivity contribution in [1.29, 1.82) is 0 Å². The van der Waals surface area contributed by atoms with Gasteiger partial charge in [-0.1, -0.05) is 23.8 Å². The summed E-state index contributed by atoms with van der Waals surface area (Å²) in [5, 5.41) is -0.273. The van der Waals surface area contributed by atoms with E-state index in [0.29, 0.717) is 12.8 Å². The third-order valence-corrected chi connectivity index (χ3v) is 7.38. The summed E-state index contributed by atoms with van der Waals surface area (Å²) in [5.41, 5.74) is 0. The van der Waals surface area contributed by atoms with Crippen molar-refractivity contribution in [1.82, 2.24) is 9.21 Å². The van der Waals surface area contributed by atoms with Crippen LogP contribution in [0.2, 0.25) is 5.02 Å². The fourth-order valence-corrected chi connectivity index (χ4v) is 5.54. The van der Waals surface area contributed by atoms with Crippen molar-refractivity contribution >= 4 is 33.4 Å². The molecule has 2 fully saturated rings. The minimum Gasteiger partial charge on any atom is -0.276 e. The smallest absolute Gasteiger partial charge is 0.243 e. The fourth-order valence-electron chi connectivity index (χ4n) is 3.75. The zero-order valence-electron chi connectivity index (χ0n) is 13.6. The lowest BCUT2D eigenvalue weighted by molar-refractivity contribution is -0.145. The maximum absolute atomic E-state index is 13.3. The monoisotopic (exact) mass is 398 g/mol. The van der Waals surface area contributed by atoms with Crippen LogP contribution in [0.1, 0.15) is 12.8 Å². The Hall–Kier alpha value is -1.77. The van der Waals surface area contributed by atoms with E-state index in [1.54, 1.807) is 0 Å². The molecule has 4 rings (SSSR count). The highest BCUT2D eigenvalue weighted by molar-refractivity contribution is 7.89. The molecule has 2 atom stereocenters. The van der Waals surface area contributed by atoms with Crippen LogP contribution < -0.4 is 0 Å². The first-order valence-electron chi connectivity index (χ1n) is 8.28. The molecule has 2 amide bonds. The van der Waals surface area contributed by atoms with Gasteiger partial charge in [-0.25, -0.2) is 12.8 Å². The number of nitrogens with zero attached hydrogens (tertiary/aromatic N) is 2. The number of halogens is 2. The molecule has 0 N–H and O–H groups in total. The van der Waals surface area contributed by atoms with Crippen LogP contribution in [0.25, 0.3) is 0 Å². The molecule has 9 heteroatoms. The minimum absolute atomic E-state index is 0.0433. The summed E-state index contributed by atoms with van der Waals surface area (Å²) in [6, 6.07) is 2.76. The highest BCUT2D eigenvalue weighted by Gasteiger charge is 2.53. The number of benzene rings is 1. The molecule has 1 aliphatic carbocycles. The Kier molecular flexibility index (Phi) is 4.17. The average Bonchev–Trinajstić information content (AvgIpc) is 2.81. The number of hydrogen-bond donors (Lipinski definition) is 0. The number of carbonyl (C=O) groups is 2. The first-order valence-corrected chi connectivity index (χ1v) is 10.1. The lowest BCUT2D eigenvalue weighted by atomic mass is 9.85. The molecule has 0 radical (unpaired) electrons. The number of rotatable bonds is 3. The Morgan fingerprint density at radius 1 is 1.04 bits per heavy atom. The molecule has 0 unspecified atom stereocenters. The molecule has 1 aromatic rings.